The molecule has 1 N–H and O–H groups in total. The molecule has 4 nitrogen and oxygen atoms in total. The Labute approximate surface area is 158 Å². The summed E-state index contributed by atoms with van der Waals surface area (Å²) >= 11 is 5.87. The lowest BCUT2D eigenvalue weighted by molar-refractivity contribution is -0.137. The maximum Gasteiger partial charge on any atom is 0.416 e. The van der Waals surface area contributed by atoms with Crippen LogP contribution in [0.5, 0.6) is 0 Å². The SMILES string of the molecule is Cn1cc(C(=O)NCc2cccc(C(F)(F)F)c2)nc1-c1ccc(Cl)cc1. The van der Waals surface area contributed by atoms with Crippen LogP contribution >= 0.6 is 11.6 Å². The summed E-state index contributed by atoms with van der Waals surface area (Å²) < 4.78 is 40.0. The van der Waals surface area contributed by atoms with Gasteiger partial charge in [-0.25, -0.2) is 4.98 Å². The number of benzene rings is 2. The molecule has 0 saturated heterocycles. The molecule has 0 aliphatic carbocycles. The smallest absolute Gasteiger partial charge is 0.347 e. The highest BCUT2D eigenvalue weighted by Crippen LogP contribution is 2.29. The average Bonchev–Trinajstić information content (AvgIpc) is 3.02. The number of hydrogen-bond donors (Lipinski definition) is 1. The minimum absolute atomic E-state index is 0.0321. The monoisotopic (exact) mass is 393 g/mol. The fourth-order valence-electron chi connectivity index (χ4n) is 2.57. The van der Waals surface area contributed by atoms with Gasteiger partial charge in [-0.2, -0.15) is 13.2 Å². The maximum absolute atomic E-state index is 12.8. The molecule has 2 aromatic carbocycles. The highest BCUT2D eigenvalue weighted by molar-refractivity contribution is 6.30. The molecule has 0 radical (unpaired) electrons. The minimum atomic E-state index is -4.42. The van der Waals surface area contributed by atoms with E-state index in [9.17, 15) is 18.0 Å². The number of nitrogens with zero attached hydrogens (tertiary/aromatic N) is 2. The predicted molar refractivity (Wildman–Crippen MR) is 96.3 cm³/mol. The van der Waals surface area contributed by atoms with E-state index >= 15 is 0 Å². The topological polar surface area (TPSA) is 46.9 Å². The fraction of sp³-hybridized carbons (Fsp3) is 0.158. The summed E-state index contributed by atoms with van der Waals surface area (Å²) in [5, 5.41) is 3.18. The molecule has 0 saturated carbocycles. The third kappa shape index (κ3) is 4.49. The first-order valence-corrected chi connectivity index (χ1v) is 8.35. The normalized spacial score (nSPS) is 11.4. The number of alkyl halides is 3. The second-order valence-corrected chi connectivity index (χ2v) is 6.38. The number of halogens is 4. The number of amides is 1. The summed E-state index contributed by atoms with van der Waals surface area (Å²) in [6, 6.07) is 11.8. The van der Waals surface area contributed by atoms with Crippen LogP contribution in [0.2, 0.25) is 5.02 Å². The Balaban J connectivity index is 1.72. The van der Waals surface area contributed by atoms with Gasteiger partial charge in [0.25, 0.3) is 5.91 Å². The van der Waals surface area contributed by atoms with Gasteiger partial charge < -0.3 is 9.88 Å². The third-order valence-corrected chi connectivity index (χ3v) is 4.17. The van der Waals surface area contributed by atoms with E-state index < -0.39 is 17.6 Å². The molecular weight excluding hydrogens is 379 g/mol. The van der Waals surface area contributed by atoms with Crippen LogP contribution in [0.1, 0.15) is 21.6 Å². The molecular formula is C19H15ClF3N3O. The van der Waals surface area contributed by atoms with Crippen LogP contribution in [-0.2, 0) is 19.8 Å². The quantitative estimate of drug-likeness (QED) is 0.699. The standard InChI is InChI=1S/C19H15ClF3N3O/c1-26-11-16(25-17(26)13-5-7-15(20)8-6-13)18(27)24-10-12-3-2-4-14(9-12)19(21,22)23/h2-9,11H,10H2,1H3,(H,24,27). The van der Waals surface area contributed by atoms with Crippen LogP contribution < -0.4 is 5.32 Å². The number of aromatic nitrogens is 2. The van der Waals surface area contributed by atoms with Gasteiger partial charge in [0.1, 0.15) is 11.5 Å². The number of nitrogens with one attached hydrogen (secondary N) is 1. The van der Waals surface area contributed by atoms with Gasteiger partial charge in [0.2, 0.25) is 0 Å². The van der Waals surface area contributed by atoms with Crippen molar-refractivity contribution in [1.29, 1.82) is 0 Å². The Morgan fingerprint density at radius 2 is 1.89 bits per heavy atom. The van der Waals surface area contributed by atoms with Crippen LogP contribution in [0.15, 0.2) is 54.7 Å². The summed E-state index contributed by atoms with van der Waals surface area (Å²) in [6.45, 7) is -0.0321. The van der Waals surface area contributed by atoms with Crippen molar-refractivity contribution in [3.8, 4) is 11.4 Å². The molecule has 3 rings (SSSR count). The predicted octanol–water partition coefficient (Wildman–Crippen LogP) is 4.69. The van der Waals surface area contributed by atoms with Crippen LogP contribution in [-0.4, -0.2) is 15.5 Å². The number of hydrogen-bond acceptors (Lipinski definition) is 2. The molecule has 1 aromatic heterocycles. The zero-order valence-corrected chi connectivity index (χ0v) is 15.0. The zero-order valence-electron chi connectivity index (χ0n) is 14.2. The van der Waals surface area contributed by atoms with E-state index in [2.05, 4.69) is 10.3 Å². The number of carbonyl (C=O) groups is 1. The highest BCUT2D eigenvalue weighted by Gasteiger charge is 2.30. The lowest BCUT2D eigenvalue weighted by atomic mass is 10.1. The number of carbonyl (C=O) groups excluding carboxylic acids is 1. The van der Waals surface area contributed by atoms with Gasteiger partial charge in [0, 0.05) is 30.4 Å². The van der Waals surface area contributed by atoms with Gasteiger partial charge in [0.15, 0.2) is 0 Å². The van der Waals surface area contributed by atoms with Crippen molar-refractivity contribution >= 4 is 17.5 Å². The van der Waals surface area contributed by atoms with E-state index in [1.165, 1.54) is 12.1 Å². The van der Waals surface area contributed by atoms with Gasteiger partial charge in [0.05, 0.1) is 5.56 Å². The van der Waals surface area contributed by atoms with Crippen LogP contribution in [0.3, 0.4) is 0 Å². The Hall–Kier alpha value is -2.80. The fourth-order valence-corrected chi connectivity index (χ4v) is 2.70. The van der Waals surface area contributed by atoms with Gasteiger partial charge in [-0.05, 0) is 42.0 Å². The number of rotatable bonds is 4. The maximum atomic E-state index is 12.8. The first kappa shape index (κ1) is 19.0. The van der Waals surface area contributed by atoms with E-state index in [0.717, 1.165) is 17.7 Å². The summed E-state index contributed by atoms with van der Waals surface area (Å²) in [5.41, 5.74) is 0.567. The van der Waals surface area contributed by atoms with Gasteiger partial charge in [-0.15, -0.1) is 0 Å². The summed E-state index contributed by atoms with van der Waals surface area (Å²) in [5.74, 6) is 0.110. The van der Waals surface area contributed by atoms with Crippen molar-refractivity contribution < 1.29 is 18.0 Å². The van der Waals surface area contributed by atoms with Crippen LogP contribution in [0.25, 0.3) is 11.4 Å². The van der Waals surface area contributed by atoms with E-state index in [1.807, 2.05) is 0 Å². The third-order valence-electron chi connectivity index (χ3n) is 3.92. The summed E-state index contributed by atoms with van der Waals surface area (Å²) in [6.07, 6.45) is -2.86. The Morgan fingerprint density at radius 1 is 1.19 bits per heavy atom. The molecule has 0 bridgehead atoms. The van der Waals surface area contributed by atoms with E-state index in [4.69, 9.17) is 11.6 Å². The highest BCUT2D eigenvalue weighted by atomic mass is 35.5. The van der Waals surface area contributed by atoms with Crippen molar-refractivity contribution in [2.24, 2.45) is 7.05 Å². The summed E-state index contributed by atoms with van der Waals surface area (Å²) in [4.78, 5) is 16.6. The average molecular weight is 394 g/mol. The molecule has 0 atom stereocenters. The number of aryl methyl sites for hydroxylation is 1. The van der Waals surface area contributed by atoms with E-state index in [0.29, 0.717) is 16.4 Å². The van der Waals surface area contributed by atoms with Crippen molar-refractivity contribution in [3.05, 3.63) is 76.6 Å². The molecule has 1 heterocycles. The largest absolute Gasteiger partial charge is 0.416 e. The Morgan fingerprint density at radius 3 is 2.56 bits per heavy atom. The van der Waals surface area contributed by atoms with Gasteiger partial charge >= 0.3 is 6.18 Å². The van der Waals surface area contributed by atoms with Crippen molar-refractivity contribution in [2.75, 3.05) is 0 Å². The minimum Gasteiger partial charge on any atom is -0.347 e. The lowest BCUT2D eigenvalue weighted by Gasteiger charge is -2.09. The van der Waals surface area contributed by atoms with E-state index in [1.54, 1.807) is 42.1 Å². The first-order valence-electron chi connectivity index (χ1n) is 7.97. The Kier molecular flexibility index (Phi) is 5.23. The Bertz CT molecular complexity index is 965. The van der Waals surface area contributed by atoms with Crippen molar-refractivity contribution in [2.45, 2.75) is 12.7 Å². The second kappa shape index (κ2) is 7.44. The zero-order chi connectivity index (χ0) is 19.6. The van der Waals surface area contributed by atoms with Crippen molar-refractivity contribution in [1.82, 2.24) is 14.9 Å². The van der Waals surface area contributed by atoms with Crippen molar-refractivity contribution in [3.63, 3.8) is 0 Å². The molecule has 0 aliphatic heterocycles. The molecule has 8 heteroatoms. The lowest BCUT2D eigenvalue weighted by Crippen LogP contribution is -2.23. The molecule has 0 aliphatic rings. The van der Waals surface area contributed by atoms with Gasteiger partial charge in [-0.3, -0.25) is 4.79 Å². The molecule has 0 spiro atoms. The molecule has 3 aromatic rings. The molecule has 27 heavy (non-hydrogen) atoms. The first-order chi connectivity index (χ1) is 12.7. The summed E-state index contributed by atoms with van der Waals surface area (Å²) in [7, 11) is 1.75. The molecule has 140 valence electrons. The molecule has 0 unspecified atom stereocenters. The molecule has 1 amide bonds. The van der Waals surface area contributed by atoms with E-state index in [-0.39, 0.29) is 12.2 Å². The number of imidazole rings is 1. The second-order valence-electron chi connectivity index (χ2n) is 5.95. The van der Waals surface area contributed by atoms with Crippen LogP contribution in [0, 0.1) is 0 Å². The molecule has 0 fully saturated rings. The van der Waals surface area contributed by atoms with Gasteiger partial charge in [-0.1, -0.05) is 23.7 Å². The van der Waals surface area contributed by atoms with Crippen LogP contribution in [0.4, 0.5) is 13.2 Å².